The van der Waals surface area contributed by atoms with E-state index >= 15 is 0 Å². The Kier molecular flexibility index (Phi) is 6.09. The Morgan fingerprint density at radius 3 is 2.45 bits per heavy atom. The number of carbonyl (C=O) groups excluding carboxylic acids is 1. The number of carbonyl (C=O) groups is 1. The van der Waals surface area contributed by atoms with Gasteiger partial charge in [-0.3, -0.25) is 0 Å². The van der Waals surface area contributed by atoms with E-state index in [2.05, 4.69) is 10.6 Å². The number of ether oxygens (including phenoxy) is 2. The van der Waals surface area contributed by atoms with Crippen LogP contribution in [0.15, 0.2) is 0 Å². The highest BCUT2D eigenvalue weighted by Crippen LogP contribution is 2.33. The van der Waals surface area contributed by atoms with Gasteiger partial charge in [-0.2, -0.15) is 0 Å². The summed E-state index contributed by atoms with van der Waals surface area (Å²) in [5.41, 5.74) is -0.447. The van der Waals surface area contributed by atoms with Crippen LogP contribution in [0.1, 0.15) is 59.3 Å². The van der Waals surface area contributed by atoms with Crippen LogP contribution >= 0.6 is 0 Å². The van der Waals surface area contributed by atoms with E-state index in [1.807, 2.05) is 20.8 Å². The zero-order valence-electron chi connectivity index (χ0n) is 14.5. The van der Waals surface area contributed by atoms with Crippen LogP contribution in [0.5, 0.6) is 0 Å². The maximum Gasteiger partial charge on any atom is 0.407 e. The Bertz CT molecular complexity index is 363. The summed E-state index contributed by atoms with van der Waals surface area (Å²) in [6, 6.07) is 0.734. The summed E-state index contributed by atoms with van der Waals surface area (Å²) in [5, 5.41) is 6.66. The zero-order chi connectivity index (χ0) is 16.2. The van der Waals surface area contributed by atoms with E-state index in [0.717, 1.165) is 12.8 Å². The number of amides is 1. The molecule has 0 aromatic carbocycles. The first-order chi connectivity index (χ1) is 10.4. The molecular weight excluding hydrogens is 280 g/mol. The Morgan fingerprint density at radius 1 is 1.18 bits per heavy atom. The van der Waals surface area contributed by atoms with E-state index < -0.39 is 5.60 Å². The van der Waals surface area contributed by atoms with E-state index in [1.54, 1.807) is 7.11 Å². The molecule has 1 amide bonds. The molecule has 2 fully saturated rings. The Hall–Kier alpha value is -0.810. The number of rotatable bonds is 6. The fourth-order valence-electron chi connectivity index (χ4n) is 3.21. The molecule has 0 aromatic rings. The molecule has 5 heteroatoms. The Labute approximate surface area is 134 Å². The third kappa shape index (κ3) is 5.76. The normalized spacial score (nSPS) is 27.3. The fraction of sp³-hybridized carbons (Fsp3) is 0.941. The molecule has 2 saturated carbocycles. The Balaban J connectivity index is 1.81. The second kappa shape index (κ2) is 7.64. The zero-order valence-corrected chi connectivity index (χ0v) is 14.5. The first kappa shape index (κ1) is 17.5. The number of nitrogens with one attached hydrogen (secondary N) is 2. The first-order valence-electron chi connectivity index (χ1n) is 8.65. The molecule has 0 heterocycles. The lowest BCUT2D eigenvalue weighted by Gasteiger charge is -2.34. The molecule has 0 saturated heterocycles. The standard InChI is InChI=1S/C17H32N2O3/c1-17(2,3)22-16(20)18-11-14(12-9-10-12)19-13-7-5-6-8-15(13)21-4/h12-15,19H,5-11H2,1-4H3,(H,18,20). The van der Waals surface area contributed by atoms with Crippen molar-refractivity contribution in [1.82, 2.24) is 10.6 Å². The molecule has 0 bridgehead atoms. The SMILES string of the molecule is COC1CCCCC1NC(CNC(=O)OC(C)(C)C)C1CC1. The molecule has 22 heavy (non-hydrogen) atoms. The number of hydrogen-bond acceptors (Lipinski definition) is 4. The van der Waals surface area contributed by atoms with Crippen molar-refractivity contribution in [2.45, 2.75) is 83.1 Å². The third-order valence-corrected chi connectivity index (χ3v) is 4.49. The molecular formula is C17H32N2O3. The van der Waals surface area contributed by atoms with Gasteiger partial charge in [0, 0.05) is 25.7 Å². The molecule has 0 spiro atoms. The van der Waals surface area contributed by atoms with Gasteiger partial charge in [0.2, 0.25) is 0 Å². The van der Waals surface area contributed by atoms with Gasteiger partial charge < -0.3 is 20.1 Å². The molecule has 3 atom stereocenters. The van der Waals surface area contributed by atoms with Crippen molar-refractivity contribution in [1.29, 1.82) is 0 Å². The molecule has 128 valence electrons. The van der Waals surface area contributed by atoms with Crippen LogP contribution in [0.25, 0.3) is 0 Å². The highest BCUT2D eigenvalue weighted by Gasteiger charge is 2.35. The van der Waals surface area contributed by atoms with Crippen molar-refractivity contribution in [2.24, 2.45) is 5.92 Å². The lowest BCUT2D eigenvalue weighted by molar-refractivity contribution is 0.0352. The smallest absolute Gasteiger partial charge is 0.407 e. The molecule has 0 radical (unpaired) electrons. The molecule has 2 aliphatic rings. The third-order valence-electron chi connectivity index (χ3n) is 4.49. The van der Waals surface area contributed by atoms with E-state index in [-0.39, 0.29) is 6.09 Å². The topological polar surface area (TPSA) is 59.6 Å². The van der Waals surface area contributed by atoms with E-state index in [0.29, 0.717) is 30.7 Å². The second-order valence-electron chi connectivity index (χ2n) is 7.66. The van der Waals surface area contributed by atoms with Gasteiger partial charge in [0.25, 0.3) is 0 Å². The summed E-state index contributed by atoms with van der Waals surface area (Å²) in [5.74, 6) is 0.675. The molecule has 2 rings (SSSR count). The summed E-state index contributed by atoms with van der Waals surface area (Å²) in [6.07, 6.45) is 7.27. The lowest BCUT2D eigenvalue weighted by atomic mass is 9.91. The van der Waals surface area contributed by atoms with Gasteiger partial charge in [-0.15, -0.1) is 0 Å². The predicted molar refractivity (Wildman–Crippen MR) is 86.9 cm³/mol. The van der Waals surface area contributed by atoms with Gasteiger partial charge >= 0.3 is 6.09 Å². The minimum absolute atomic E-state index is 0.302. The van der Waals surface area contributed by atoms with Gasteiger partial charge in [0.05, 0.1) is 6.10 Å². The monoisotopic (exact) mass is 312 g/mol. The van der Waals surface area contributed by atoms with Crippen LogP contribution in [0.3, 0.4) is 0 Å². The van der Waals surface area contributed by atoms with Crippen LogP contribution in [-0.2, 0) is 9.47 Å². The van der Waals surface area contributed by atoms with Crippen LogP contribution in [0.4, 0.5) is 4.79 Å². The molecule has 5 nitrogen and oxygen atoms in total. The largest absolute Gasteiger partial charge is 0.444 e. The molecule has 2 aliphatic carbocycles. The lowest BCUT2D eigenvalue weighted by Crippen LogP contribution is -2.52. The van der Waals surface area contributed by atoms with Crippen molar-refractivity contribution >= 4 is 6.09 Å². The number of methoxy groups -OCH3 is 1. The van der Waals surface area contributed by atoms with Crippen molar-refractivity contribution in [3.8, 4) is 0 Å². The van der Waals surface area contributed by atoms with Crippen molar-refractivity contribution in [2.75, 3.05) is 13.7 Å². The maximum absolute atomic E-state index is 11.8. The Morgan fingerprint density at radius 2 is 1.86 bits per heavy atom. The van der Waals surface area contributed by atoms with Crippen LogP contribution in [-0.4, -0.2) is 43.5 Å². The average molecular weight is 312 g/mol. The van der Waals surface area contributed by atoms with Crippen molar-refractivity contribution in [3.05, 3.63) is 0 Å². The van der Waals surface area contributed by atoms with Gasteiger partial charge in [0.15, 0.2) is 0 Å². The van der Waals surface area contributed by atoms with Gasteiger partial charge in [0.1, 0.15) is 5.60 Å². The summed E-state index contributed by atoms with van der Waals surface area (Å²) in [7, 11) is 1.80. The van der Waals surface area contributed by atoms with E-state index in [1.165, 1.54) is 25.7 Å². The van der Waals surface area contributed by atoms with Crippen LogP contribution in [0.2, 0.25) is 0 Å². The van der Waals surface area contributed by atoms with Crippen LogP contribution < -0.4 is 10.6 Å². The first-order valence-corrected chi connectivity index (χ1v) is 8.65. The number of alkyl carbamates (subject to hydrolysis) is 1. The summed E-state index contributed by atoms with van der Waals surface area (Å²) >= 11 is 0. The summed E-state index contributed by atoms with van der Waals surface area (Å²) in [4.78, 5) is 11.8. The molecule has 0 aliphatic heterocycles. The minimum Gasteiger partial charge on any atom is -0.444 e. The second-order valence-corrected chi connectivity index (χ2v) is 7.66. The molecule has 0 aromatic heterocycles. The van der Waals surface area contributed by atoms with E-state index in [9.17, 15) is 4.79 Å². The van der Waals surface area contributed by atoms with Gasteiger partial charge in [-0.05, 0) is 52.4 Å². The number of hydrogen-bond donors (Lipinski definition) is 2. The fourth-order valence-corrected chi connectivity index (χ4v) is 3.21. The maximum atomic E-state index is 11.8. The van der Waals surface area contributed by atoms with E-state index in [4.69, 9.17) is 9.47 Å². The highest BCUT2D eigenvalue weighted by molar-refractivity contribution is 5.67. The van der Waals surface area contributed by atoms with Crippen molar-refractivity contribution in [3.63, 3.8) is 0 Å². The van der Waals surface area contributed by atoms with Crippen molar-refractivity contribution < 1.29 is 14.3 Å². The predicted octanol–water partition coefficient (Wildman–Crippen LogP) is 2.84. The quantitative estimate of drug-likeness (QED) is 0.792. The average Bonchev–Trinajstić information content (AvgIpc) is 3.26. The highest BCUT2D eigenvalue weighted by atomic mass is 16.6. The molecule has 2 N–H and O–H groups in total. The summed E-state index contributed by atoms with van der Waals surface area (Å²) < 4.78 is 10.9. The van der Waals surface area contributed by atoms with Gasteiger partial charge in [-0.1, -0.05) is 12.8 Å². The molecule has 3 unspecified atom stereocenters. The van der Waals surface area contributed by atoms with Gasteiger partial charge in [-0.25, -0.2) is 4.79 Å². The van der Waals surface area contributed by atoms with Crippen LogP contribution in [0, 0.1) is 5.92 Å². The minimum atomic E-state index is -0.447. The summed E-state index contributed by atoms with van der Waals surface area (Å²) in [6.45, 7) is 6.28.